The number of nitrogens with one attached hydrogen (secondary N) is 1. The zero-order valence-electron chi connectivity index (χ0n) is 22.8. The van der Waals surface area contributed by atoms with E-state index in [4.69, 9.17) is 0 Å². The molecule has 39 heavy (non-hydrogen) atoms. The van der Waals surface area contributed by atoms with E-state index >= 15 is 0 Å². The Morgan fingerprint density at radius 1 is 0.949 bits per heavy atom. The van der Waals surface area contributed by atoms with Gasteiger partial charge in [0, 0.05) is 23.5 Å². The number of amides is 2. The van der Waals surface area contributed by atoms with Crippen LogP contribution in [0.3, 0.4) is 0 Å². The lowest BCUT2D eigenvalue weighted by Crippen LogP contribution is -2.54. The van der Waals surface area contributed by atoms with Crippen LogP contribution in [0.2, 0.25) is 0 Å². The van der Waals surface area contributed by atoms with Gasteiger partial charge in [0.2, 0.25) is 21.8 Å². The molecule has 0 spiro atoms. The van der Waals surface area contributed by atoms with E-state index in [9.17, 15) is 18.0 Å². The maximum absolute atomic E-state index is 14.1. The van der Waals surface area contributed by atoms with Crippen molar-refractivity contribution in [3.05, 3.63) is 100 Å². The zero-order valence-corrected chi connectivity index (χ0v) is 25.2. The Labute approximate surface area is 240 Å². The standard InChI is InChI=1S/C30H36BrN3O4S/c1-5-23(3)32-30(36)28(19-24-12-7-6-8-13-24)33(20-25-14-10-9-11-22(25)2)29(35)21-34(39(4,37)38)27-17-15-26(31)16-18-27/h6-18,23,28H,5,19-21H2,1-4H3,(H,32,36)/t23-,28+/m0/s1. The summed E-state index contributed by atoms with van der Waals surface area (Å²) in [6.07, 6.45) is 2.10. The highest BCUT2D eigenvalue weighted by atomic mass is 79.9. The Morgan fingerprint density at radius 3 is 2.15 bits per heavy atom. The molecular weight excluding hydrogens is 578 g/mol. The topological polar surface area (TPSA) is 86.8 Å². The van der Waals surface area contributed by atoms with Crippen LogP contribution >= 0.6 is 15.9 Å². The molecule has 208 valence electrons. The number of benzene rings is 3. The lowest BCUT2D eigenvalue weighted by molar-refractivity contribution is -0.140. The molecule has 3 rings (SSSR count). The minimum atomic E-state index is -3.80. The zero-order chi connectivity index (χ0) is 28.6. The van der Waals surface area contributed by atoms with Crippen molar-refractivity contribution in [2.24, 2.45) is 0 Å². The molecule has 0 aliphatic heterocycles. The maximum atomic E-state index is 14.1. The van der Waals surface area contributed by atoms with Crippen molar-refractivity contribution in [1.29, 1.82) is 0 Å². The summed E-state index contributed by atoms with van der Waals surface area (Å²) >= 11 is 3.37. The number of sulfonamides is 1. The van der Waals surface area contributed by atoms with Crippen LogP contribution in [-0.4, -0.2) is 50.0 Å². The monoisotopic (exact) mass is 613 g/mol. The van der Waals surface area contributed by atoms with Crippen molar-refractivity contribution in [1.82, 2.24) is 10.2 Å². The molecule has 9 heteroatoms. The second kappa shape index (κ2) is 13.8. The number of halogens is 1. The fraction of sp³-hybridized carbons (Fsp3) is 0.333. The van der Waals surface area contributed by atoms with Crippen LogP contribution < -0.4 is 9.62 Å². The largest absolute Gasteiger partial charge is 0.352 e. The maximum Gasteiger partial charge on any atom is 0.244 e. The Kier molecular flexibility index (Phi) is 10.7. The molecule has 0 aromatic heterocycles. The van der Waals surface area contributed by atoms with Crippen LogP contribution in [0.25, 0.3) is 0 Å². The average Bonchev–Trinajstić information content (AvgIpc) is 2.90. The molecule has 2 atom stereocenters. The Morgan fingerprint density at radius 2 is 1.56 bits per heavy atom. The first-order valence-corrected chi connectivity index (χ1v) is 15.5. The quantitative estimate of drug-likeness (QED) is 0.309. The van der Waals surface area contributed by atoms with Gasteiger partial charge in [0.05, 0.1) is 11.9 Å². The molecule has 0 heterocycles. The first kappa shape index (κ1) is 30.4. The number of anilines is 1. The summed E-state index contributed by atoms with van der Waals surface area (Å²) in [6.45, 7) is 5.58. The van der Waals surface area contributed by atoms with E-state index in [0.29, 0.717) is 5.69 Å². The number of aryl methyl sites for hydroxylation is 1. The number of carbonyl (C=O) groups is 2. The van der Waals surface area contributed by atoms with E-state index in [2.05, 4.69) is 21.2 Å². The Bertz CT molecular complexity index is 1360. The minimum Gasteiger partial charge on any atom is -0.352 e. The lowest BCUT2D eigenvalue weighted by atomic mass is 10.0. The summed E-state index contributed by atoms with van der Waals surface area (Å²) in [5, 5.41) is 3.04. The molecule has 0 saturated carbocycles. The summed E-state index contributed by atoms with van der Waals surface area (Å²) in [5.74, 6) is -0.739. The molecule has 0 unspecified atom stereocenters. The Hall–Kier alpha value is -3.17. The van der Waals surface area contributed by atoms with Crippen molar-refractivity contribution in [3.63, 3.8) is 0 Å². The van der Waals surface area contributed by atoms with Gasteiger partial charge in [-0.1, -0.05) is 77.5 Å². The van der Waals surface area contributed by atoms with Gasteiger partial charge in [-0.3, -0.25) is 13.9 Å². The second-order valence-electron chi connectivity index (χ2n) is 9.72. The molecule has 7 nitrogen and oxygen atoms in total. The molecule has 0 aliphatic carbocycles. The minimum absolute atomic E-state index is 0.0820. The highest BCUT2D eigenvalue weighted by molar-refractivity contribution is 9.10. The summed E-state index contributed by atoms with van der Waals surface area (Å²) in [4.78, 5) is 29.3. The number of rotatable bonds is 12. The van der Waals surface area contributed by atoms with E-state index in [1.165, 1.54) is 4.90 Å². The summed E-state index contributed by atoms with van der Waals surface area (Å²) < 4.78 is 27.5. The van der Waals surface area contributed by atoms with Crippen molar-refractivity contribution in [2.45, 2.75) is 52.2 Å². The number of hydrogen-bond acceptors (Lipinski definition) is 4. The molecule has 0 bridgehead atoms. The van der Waals surface area contributed by atoms with Crippen LogP contribution in [0.5, 0.6) is 0 Å². The summed E-state index contributed by atoms with van der Waals surface area (Å²) in [5.41, 5.74) is 3.13. The highest BCUT2D eigenvalue weighted by Crippen LogP contribution is 2.23. The van der Waals surface area contributed by atoms with E-state index < -0.39 is 28.5 Å². The summed E-state index contributed by atoms with van der Waals surface area (Å²) in [7, 11) is -3.80. The van der Waals surface area contributed by atoms with Gasteiger partial charge in [-0.25, -0.2) is 8.42 Å². The van der Waals surface area contributed by atoms with Crippen LogP contribution in [0.15, 0.2) is 83.3 Å². The SMILES string of the molecule is CC[C@H](C)NC(=O)[C@@H](Cc1ccccc1)N(Cc1ccccc1C)C(=O)CN(c1ccc(Br)cc1)S(C)(=O)=O. The van der Waals surface area contributed by atoms with Gasteiger partial charge < -0.3 is 10.2 Å². The molecule has 2 amide bonds. The molecule has 0 fully saturated rings. The van der Waals surface area contributed by atoms with E-state index in [0.717, 1.165) is 38.1 Å². The van der Waals surface area contributed by atoms with Crippen molar-refractivity contribution in [3.8, 4) is 0 Å². The van der Waals surface area contributed by atoms with Crippen LogP contribution in [0.4, 0.5) is 5.69 Å². The number of hydrogen-bond donors (Lipinski definition) is 1. The highest BCUT2D eigenvalue weighted by Gasteiger charge is 2.33. The van der Waals surface area contributed by atoms with Crippen LogP contribution in [0.1, 0.15) is 37.0 Å². The predicted octanol–water partition coefficient (Wildman–Crippen LogP) is 5.08. The molecule has 3 aromatic carbocycles. The van der Waals surface area contributed by atoms with E-state index in [1.54, 1.807) is 24.3 Å². The van der Waals surface area contributed by atoms with Gasteiger partial charge in [0.15, 0.2) is 0 Å². The normalized spacial score (nSPS) is 12.8. The van der Waals surface area contributed by atoms with Crippen molar-refractivity contribution >= 4 is 43.5 Å². The van der Waals surface area contributed by atoms with Gasteiger partial charge in [-0.05, 0) is 61.2 Å². The van der Waals surface area contributed by atoms with Crippen LogP contribution in [-0.2, 0) is 32.6 Å². The summed E-state index contributed by atoms with van der Waals surface area (Å²) in [6, 6.07) is 23.0. The van der Waals surface area contributed by atoms with Crippen molar-refractivity contribution in [2.75, 3.05) is 17.1 Å². The number of nitrogens with zero attached hydrogens (tertiary/aromatic N) is 2. The van der Waals surface area contributed by atoms with Gasteiger partial charge in [0.25, 0.3) is 0 Å². The van der Waals surface area contributed by atoms with Gasteiger partial charge in [-0.15, -0.1) is 0 Å². The third-order valence-corrected chi connectivity index (χ3v) is 8.34. The van der Waals surface area contributed by atoms with Crippen molar-refractivity contribution < 1.29 is 18.0 Å². The third kappa shape index (κ3) is 8.66. The smallest absolute Gasteiger partial charge is 0.244 e. The van der Waals surface area contributed by atoms with E-state index in [1.807, 2.05) is 75.4 Å². The lowest BCUT2D eigenvalue weighted by Gasteiger charge is -2.34. The molecule has 0 aliphatic rings. The molecular formula is C30H36BrN3O4S. The fourth-order valence-electron chi connectivity index (χ4n) is 4.19. The first-order valence-electron chi connectivity index (χ1n) is 12.9. The Balaban J connectivity index is 2.06. The van der Waals surface area contributed by atoms with Gasteiger partial charge in [0.1, 0.15) is 12.6 Å². The molecule has 1 N–H and O–H groups in total. The van der Waals surface area contributed by atoms with Gasteiger partial charge in [-0.2, -0.15) is 0 Å². The van der Waals surface area contributed by atoms with E-state index in [-0.39, 0.29) is 24.9 Å². The molecule has 0 saturated heterocycles. The number of carbonyl (C=O) groups excluding carboxylic acids is 2. The predicted molar refractivity (Wildman–Crippen MR) is 160 cm³/mol. The molecule has 0 radical (unpaired) electrons. The second-order valence-corrected chi connectivity index (χ2v) is 12.5. The average molecular weight is 615 g/mol. The first-order chi connectivity index (χ1) is 18.5. The third-order valence-electron chi connectivity index (χ3n) is 6.67. The van der Waals surface area contributed by atoms with Crippen LogP contribution in [0, 0.1) is 6.92 Å². The fourth-order valence-corrected chi connectivity index (χ4v) is 5.30. The van der Waals surface area contributed by atoms with Gasteiger partial charge >= 0.3 is 0 Å². The molecule has 3 aromatic rings.